The average molecular weight is 581 g/mol. The van der Waals surface area contributed by atoms with E-state index in [0.29, 0.717) is 23.5 Å². The van der Waals surface area contributed by atoms with Crippen molar-refractivity contribution < 1.29 is 19.0 Å². The van der Waals surface area contributed by atoms with Crippen LogP contribution in [0.25, 0.3) is 11.2 Å². The molecular formula is C30H44N8O4. The summed E-state index contributed by atoms with van der Waals surface area (Å²) in [7, 11) is 2.05. The molecule has 3 aromatic rings. The zero-order valence-corrected chi connectivity index (χ0v) is 25.6. The van der Waals surface area contributed by atoms with E-state index in [9.17, 15) is 4.79 Å². The highest BCUT2D eigenvalue weighted by atomic mass is 16.8. The molecule has 42 heavy (non-hydrogen) atoms. The van der Waals surface area contributed by atoms with Crippen molar-refractivity contribution >= 4 is 28.7 Å². The molecule has 0 saturated carbocycles. The molecule has 2 fully saturated rings. The van der Waals surface area contributed by atoms with Crippen LogP contribution < -0.4 is 16.4 Å². The summed E-state index contributed by atoms with van der Waals surface area (Å²) in [4.78, 5) is 27.8. The molecule has 2 saturated heterocycles. The number of hydrogen-bond acceptors (Lipinski definition) is 9. The number of anilines is 2. The first kappa shape index (κ1) is 30.1. The first-order valence-corrected chi connectivity index (χ1v) is 14.7. The van der Waals surface area contributed by atoms with Gasteiger partial charge >= 0.3 is 6.03 Å². The van der Waals surface area contributed by atoms with Gasteiger partial charge in [-0.3, -0.25) is 4.57 Å². The zero-order valence-electron chi connectivity index (χ0n) is 25.6. The van der Waals surface area contributed by atoms with Crippen LogP contribution in [0.2, 0.25) is 0 Å². The van der Waals surface area contributed by atoms with Gasteiger partial charge in [0.1, 0.15) is 30.2 Å². The first-order valence-electron chi connectivity index (χ1n) is 14.7. The number of aromatic nitrogens is 4. The van der Waals surface area contributed by atoms with Crippen molar-refractivity contribution in [2.75, 3.05) is 31.2 Å². The van der Waals surface area contributed by atoms with E-state index >= 15 is 0 Å². The van der Waals surface area contributed by atoms with Crippen molar-refractivity contribution in [3.63, 3.8) is 0 Å². The highest BCUT2D eigenvalue weighted by Crippen LogP contribution is 2.44. The molecule has 5 rings (SSSR count). The quantitative estimate of drug-likeness (QED) is 0.342. The molecule has 2 aliphatic rings. The number of nitrogen functional groups attached to an aromatic ring is 1. The van der Waals surface area contributed by atoms with Gasteiger partial charge in [0.2, 0.25) is 0 Å². The number of carbonyl (C=O) groups excluding carboxylic acids is 1. The van der Waals surface area contributed by atoms with Gasteiger partial charge in [-0.25, -0.2) is 19.7 Å². The van der Waals surface area contributed by atoms with Gasteiger partial charge in [0.15, 0.2) is 23.5 Å². The standard InChI is InChI=1S/C30H44N8O4/c1-8-19(35-28(39)36-20-11-9-18(10-12-20)29(2,3)4)13-14-37(7)15-21-23-24(42-30(5,6)41-23)27(40-21)38-17-34-22-25(31)32-16-33-26(22)38/h9-12,16-17,19,21,23-24,27H,8,13-15H2,1-7H3,(H2,31,32,33)(H2,35,36,39)/t19-,21-,23-,24-,27-/m1/s1. The Balaban J connectivity index is 1.17. The van der Waals surface area contributed by atoms with E-state index in [1.807, 2.05) is 30.5 Å². The maximum Gasteiger partial charge on any atom is 0.319 e. The van der Waals surface area contributed by atoms with E-state index < -0.39 is 12.0 Å². The summed E-state index contributed by atoms with van der Waals surface area (Å²) in [5.41, 5.74) is 9.19. The fraction of sp³-hybridized carbons (Fsp3) is 0.600. The number of fused-ring (bicyclic) bond motifs is 2. The molecule has 0 spiro atoms. The predicted octanol–water partition coefficient (Wildman–Crippen LogP) is 4.05. The lowest BCUT2D eigenvalue weighted by Gasteiger charge is -2.28. The first-order chi connectivity index (χ1) is 19.8. The van der Waals surface area contributed by atoms with Crippen LogP contribution in [0, 0.1) is 0 Å². The van der Waals surface area contributed by atoms with Crippen LogP contribution in [0.1, 0.15) is 66.2 Å². The molecule has 2 aromatic heterocycles. The molecule has 0 radical (unpaired) electrons. The number of ether oxygens (including phenoxy) is 3. The number of likely N-dealkylation sites (N-methyl/N-ethyl adjacent to an activating group) is 1. The zero-order chi connectivity index (χ0) is 30.2. The minimum Gasteiger partial charge on any atom is -0.382 e. The third-order valence-electron chi connectivity index (χ3n) is 7.97. The number of amides is 2. The number of rotatable bonds is 9. The van der Waals surface area contributed by atoms with E-state index in [4.69, 9.17) is 19.9 Å². The van der Waals surface area contributed by atoms with Gasteiger partial charge in [-0.1, -0.05) is 39.8 Å². The summed E-state index contributed by atoms with van der Waals surface area (Å²) in [5, 5.41) is 6.08. The van der Waals surface area contributed by atoms with Crippen molar-refractivity contribution in [1.82, 2.24) is 29.7 Å². The van der Waals surface area contributed by atoms with Gasteiger partial charge in [0.05, 0.1) is 6.33 Å². The molecule has 4 heterocycles. The van der Waals surface area contributed by atoms with Crippen molar-refractivity contribution in [2.24, 2.45) is 0 Å². The number of nitrogens with two attached hydrogens (primary N) is 1. The highest BCUT2D eigenvalue weighted by Gasteiger charge is 2.56. The van der Waals surface area contributed by atoms with E-state index in [1.165, 1.54) is 11.9 Å². The summed E-state index contributed by atoms with van der Waals surface area (Å²) in [6.07, 6.45) is 3.39. The van der Waals surface area contributed by atoms with Gasteiger partial charge in [0, 0.05) is 18.3 Å². The summed E-state index contributed by atoms with van der Waals surface area (Å²) in [6.45, 7) is 13.8. The molecule has 2 amide bonds. The van der Waals surface area contributed by atoms with Crippen molar-refractivity contribution in [2.45, 2.75) is 96.2 Å². The van der Waals surface area contributed by atoms with Crippen LogP contribution in [0.5, 0.6) is 0 Å². The van der Waals surface area contributed by atoms with Crippen LogP contribution in [0.4, 0.5) is 16.3 Å². The molecule has 0 aliphatic carbocycles. The minimum absolute atomic E-state index is 0.0266. The molecule has 1 aromatic carbocycles. The number of imidazole rings is 1. The maximum absolute atomic E-state index is 12.7. The monoisotopic (exact) mass is 580 g/mol. The Morgan fingerprint density at radius 2 is 1.86 bits per heavy atom. The van der Waals surface area contributed by atoms with Gasteiger partial charge < -0.3 is 35.5 Å². The predicted molar refractivity (Wildman–Crippen MR) is 161 cm³/mol. The normalized spacial score (nSPS) is 24.2. The highest BCUT2D eigenvalue weighted by molar-refractivity contribution is 5.89. The molecule has 12 nitrogen and oxygen atoms in total. The Morgan fingerprint density at radius 1 is 1.14 bits per heavy atom. The second-order valence-corrected chi connectivity index (χ2v) is 12.8. The van der Waals surface area contributed by atoms with E-state index in [1.54, 1.807) is 6.33 Å². The Hall–Kier alpha value is -3.32. The Kier molecular flexibility index (Phi) is 8.44. The molecular weight excluding hydrogens is 536 g/mol. The topological polar surface area (TPSA) is 142 Å². The Morgan fingerprint density at radius 3 is 2.55 bits per heavy atom. The van der Waals surface area contributed by atoms with E-state index in [-0.39, 0.29) is 35.8 Å². The fourth-order valence-electron chi connectivity index (χ4n) is 5.65. The Bertz CT molecular complexity index is 1390. The molecule has 4 N–H and O–H groups in total. The molecule has 228 valence electrons. The van der Waals surface area contributed by atoms with Gasteiger partial charge in [-0.2, -0.15) is 0 Å². The summed E-state index contributed by atoms with van der Waals surface area (Å²) < 4.78 is 21.0. The second-order valence-electron chi connectivity index (χ2n) is 12.8. The van der Waals surface area contributed by atoms with Crippen LogP contribution in [0.3, 0.4) is 0 Å². The average Bonchev–Trinajstić information content (AvgIpc) is 3.58. The van der Waals surface area contributed by atoms with Crippen LogP contribution in [0.15, 0.2) is 36.9 Å². The lowest BCUT2D eigenvalue weighted by atomic mass is 9.87. The van der Waals surface area contributed by atoms with Crippen LogP contribution in [-0.4, -0.2) is 80.7 Å². The van der Waals surface area contributed by atoms with Crippen LogP contribution in [-0.2, 0) is 19.6 Å². The lowest BCUT2D eigenvalue weighted by Crippen LogP contribution is -2.42. The van der Waals surface area contributed by atoms with Gasteiger partial charge in [-0.05, 0) is 63.4 Å². The summed E-state index contributed by atoms with van der Waals surface area (Å²) in [5.74, 6) is -0.421. The number of nitrogens with one attached hydrogen (secondary N) is 2. The molecule has 0 unspecified atom stereocenters. The molecule has 5 atom stereocenters. The van der Waals surface area contributed by atoms with Crippen molar-refractivity contribution in [1.29, 1.82) is 0 Å². The Labute approximate surface area is 247 Å². The summed E-state index contributed by atoms with van der Waals surface area (Å²) >= 11 is 0. The number of nitrogens with zero attached hydrogens (tertiary/aromatic N) is 5. The third kappa shape index (κ3) is 6.51. The third-order valence-corrected chi connectivity index (χ3v) is 7.97. The maximum atomic E-state index is 12.7. The lowest BCUT2D eigenvalue weighted by molar-refractivity contribution is -0.197. The number of urea groups is 1. The molecule has 12 heteroatoms. The van der Waals surface area contributed by atoms with E-state index in [2.05, 4.69) is 77.4 Å². The minimum atomic E-state index is -0.740. The fourth-order valence-corrected chi connectivity index (χ4v) is 5.65. The second kappa shape index (κ2) is 11.8. The van der Waals surface area contributed by atoms with Crippen molar-refractivity contribution in [3.05, 3.63) is 42.5 Å². The van der Waals surface area contributed by atoms with Gasteiger partial charge in [-0.15, -0.1) is 0 Å². The number of carbonyl (C=O) groups is 1. The SMILES string of the molecule is CC[C@H](CCN(C)C[C@H]1O[C@@H](n2cnc3c(N)ncnc32)[C@@H]2OC(C)(C)O[C@@H]21)NC(=O)Nc1ccc(C(C)(C)C)cc1. The number of hydrogen-bond donors (Lipinski definition) is 3. The van der Waals surface area contributed by atoms with E-state index in [0.717, 1.165) is 25.1 Å². The largest absolute Gasteiger partial charge is 0.382 e. The molecule has 2 aliphatic heterocycles. The summed E-state index contributed by atoms with van der Waals surface area (Å²) in [6, 6.07) is 7.83. The van der Waals surface area contributed by atoms with Crippen LogP contribution >= 0.6 is 0 Å². The van der Waals surface area contributed by atoms with Crippen molar-refractivity contribution in [3.8, 4) is 0 Å². The molecule has 0 bridgehead atoms. The van der Waals surface area contributed by atoms with Gasteiger partial charge in [0.25, 0.3) is 0 Å². The smallest absolute Gasteiger partial charge is 0.319 e. The number of benzene rings is 1.